The van der Waals surface area contributed by atoms with Crippen molar-refractivity contribution >= 4 is 18.0 Å². The van der Waals surface area contributed by atoms with E-state index in [9.17, 15) is 19.5 Å². The van der Waals surface area contributed by atoms with Gasteiger partial charge in [0.05, 0.1) is 311 Å². The number of nitrogens with one attached hydrogen (secondary N) is 1. The number of aliphatic carboxylic acids is 1. The minimum Gasteiger partial charge on any atom is -0.480 e. The standard InChI is InChI=1S/C60H116N2O29/c1-60(2,3)91-59(66)62-54-55(53-56(62)58(64)65)61-57(63)5-6-68-9-10-70-13-14-72-17-18-74-21-22-76-25-26-78-29-30-80-33-34-82-37-38-84-41-42-86-45-46-88-49-50-90-52-51-89-48-47-87-44-43-85-40-39-83-36-35-81-32-31-79-28-27-77-24-23-75-20-19-73-16-15-71-12-11-69-8-7-67-4/h55-56H,5-54H2,1-4H3,(H,61,63)(H,64,65). The molecule has 1 aliphatic heterocycles. The molecule has 2 unspecified atom stereocenters. The number of ether oxygens (including phenoxy) is 25. The van der Waals surface area contributed by atoms with Gasteiger partial charge in [-0.05, 0) is 20.8 Å². The van der Waals surface area contributed by atoms with Crippen LogP contribution in [0.15, 0.2) is 0 Å². The van der Waals surface area contributed by atoms with E-state index >= 15 is 0 Å². The van der Waals surface area contributed by atoms with Crippen molar-refractivity contribution in [1.29, 1.82) is 0 Å². The monoisotopic (exact) mass is 1330 g/mol. The number of carbonyl (C=O) groups is 3. The SMILES string of the molecule is COCCOCCOCCOCCOCCOCCOCCOCCOCCOCCOCCOCCOCCOCCOCCOCCOCCOCCOCCOCCOCCOCCOCCOCCC(=O)NC1CC(C(=O)O)N(C(=O)OC(C)(C)C)C1. The number of methoxy groups -OCH3 is 1. The van der Waals surface area contributed by atoms with Crippen molar-refractivity contribution in [2.24, 2.45) is 0 Å². The molecule has 31 nitrogen and oxygen atoms in total. The molecule has 0 aromatic carbocycles. The fourth-order valence-electron chi connectivity index (χ4n) is 7.24. The summed E-state index contributed by atoms with van der Waals surface area (Å²) >= 11 is 0. The molecule has 2 amide bonds. The van der Waals surface area contributed by atoms with Gasteiger partial charge >= 0.3 is 12.1 Å². The van der Waals surface area contributed by atoms with E-state index in [4.69, 9.17) is 118 Å². The molecule has 91 heavy (non-hydrogen) atoms. The minimum absolute atomic E-state index is 0.0544. The maximum Gasteiger partial charge on any atom is 0.411 e. The van der Waals surface area contributed by atoms with Crippen LogP contribution in [0.5, 0.6) is 0 Å². The second-order valence-corrected chi connectivity index (χ2v) is 20.3. The molecule has 0 aromatic rings. The largest absolute Gasteiger partial charge is 0.480 e. The van der Waals surface area contributed by atoms with Crippen LogP contribution in [0.1, 0.15) is 33.6 Å². The Labute approximate surface area is 540 Å². The van der Waals surface area contributed by atoms with Crippen LogP contribution in [-0.2, 0) is 128 Å². The van der Waals surface area contributed by atoms with Crippen LogP contribution < -0.4 is 5.32 Å². The van der Waals surface area contributed by atoms with Crippen molar-refractivity contribution in [2.75, 3.05) is 324 Å². The summed E-state index contributed by atoms with van der Waals surface area (Å²) in [6, 6.07) is -1.56. The second kappa shape index (κ2) is 68.6. The summed E-state index contributed by atoms with van der Waals surface area (Å²) in [6.45, 7) is 27.0. The predicted molar refractivity (Wildman–Crippen MR) is 326 cm³/mol. The molecule has 1 heterocycles. The number of carboxylic acid groups (broad SMARTS) is 1. The van der Waals surface area contributed by atoms with Gasteiger partial charge in [0.15, 0.2) is 0 Å². The average Bonchev–Trinajstić information content (AvgIpc) is 1.78. The minimum atomic E-state index is -1.15. The van der Waals surface area contributed by atoms with E-state index in [1.807, 2.05) is 0 Å². The fourth-order valence-corrected chi connectivity index (χ4v) is 7.24. The molecule has 0 bridgehead atoms. The van der Waals surface area contributed by atoms with Crippen LogP contribution in [0.4, 0.5) is 4.79 Å². The highest BCUT2D eigenvalue weighted by molar-refractivity contribution is 5.82. The Bertz CT molecular complexity index is 1550. The Hall–Kier alpha value is -2.75. The second-order valence-electron chi connectivity index (χ2n) is 20.3. The highest BCUT2D eigenvalue weighted by Crippen LogP contribution is 2.22. The molecule has 2 N–H and O–H groups in total. The number of amides is 2. The van der Waals surface area contributed by atoms with E-state index in [1.165, 1.54) is 0 Å². The van der Waals surface area contributed by atoms with Gasteiger partial charge in [0.1, 0.15) is 11.6 Å². The number of hydrogen-bond acceptors (Lipinski definition) is 28. The lowest BCUT2D eigenvalue weighted by Crippen LogP contribution is -2.44. The highest BCUT2D eigenvalue weighted by atomic mass is 16.6. The van der Waals surface area contributed by atoms with Crippen molar-refractivity contribution in [3.8, 4) is 0 Å². The molecular weight excluding hydrogens is 1210 g/mol. The summed E-state index contributed by atoms with van der Waals surface area (Å²) in [5.41, 5.74) is -0.767. The molecule has 0 aliphatic carbocycles. The van der Waals surface area contributed by atoms with Crippen molar-refractivity contribution in [3.05, 3.63) is 0 Å². The molecule has 0 saturated carbocycles. The normalized spacial score (nSPS) is 14.3. The lowest BCUT2D eigenvalue weighted by Gasteiger charge is -2.26. The molecule has 1 rings (SSSR count). The molecule has 0 radical (unpaired) electrons. The smallest absolute Gasteiger partial charge is 0.411 e. The summed E-state index contributed by atoms with van der Waals surface area (Å²) < 4.78 is 137. The van der Waals surface area contributed by atoms with E-state index in [0.29, 0.717) is 304 Å². The number of nitrogens with zero attached hydrogens (tertiary/aromatic N) is 1. The molecule has 540 valence electrons. The molecule has 1 aliphatic rings. The zero-order valence-electron chi connectivity index (χ0n) is 55.3. The maximum atomic E-state index is 12.5. The van der Waals surface area contributed by atoms with Crippen molar-refractivity contribution in [1.82, 2.24) is 10.2 Å². The summed E-state index contributed by atoms with van der Waals surface area (Å²) in [4.78, 5) is 37.6. The first kappa shape index (κ1) is 86.3. The molecule has 0 spiro atoms. The molecular formula is C60H116N2O29. The first-order chi connectivity index (χ1) is 44.6. The Morgan fingerprint density at radius 3 is 0.692 bits per heavy atom. The fraction of sp³-hybridized carbons (Fsp3) is 0.950. The highest BCUT2D eigenvalue weighted by Gasteiger charge is 2.42. The third-order valence-corrected chi connectivity index (χ3v) is 11.7. The Balaban J connectivity index is 1.64. The zero-order valence-corrected chi connectivity index (χ0v) is 55.3. The lowest BCUT2D eigenvalue weighted by molar-refractivity contribution is -0.142. The van der Waals surface area contributed by atoms with Crippen molar-refractivity contribution in [3.63, 3.8) is 0 Å². The van der Waals surface area contributed by atoms with E-state index in [0.717, 1.165) is 4.90 Å². The van der Waals surface area contributed by atoms with Crippen LogP contribution in [0.2, 0.25) is 0 Å². The Kier molecular flexibility index (Phi) is 65.1. The summed E-state index contributed by atoms with van der Waals surface area (Å²) in [5.74, 6) is -1.44. The molecule has 0 aromatic heterocycles. The summed E-state index contributed by atoms with van der Waals surface area (Å²) in [6.07, 6.45) is -0.535. The third kappa shape index (κ3) is 64.4. The number of likely N-dealkylation sites (tertiary alicyclic amines) is 1. The third-order valence-electron chi connectivity index (χ3n) is 11.7. The first-order valence-corrected chi connectivity index (χ1v) is 31.9. The quantitative estimate of drug-likeness (QED) is 0.0802. The van der Waals surface area contributed by atoms with E-state index in [-0.39, 0.29) is 31.9 Å². The van der Waals surface area contributed by atoms with Gasteiger partial charge in [-0.1, -0.05) is 0 Å². The Morgan fingerprint density at radius 1 is 0.330 bits per heavy atom. The molecule has 2 atom stereocenters. The predicted octanol–water partition coefficient (Wildman–Crippen LogP) is 0.983. The number of rotatable bonds is 74. The van der Waals surface area contributed by atoms with Crippen LogP contribution in [0.3, 0.4) is 0 Å². The van der Waals surface area contributed by atoms with Crippen LogP contribution in [0, 0.1) is 0 Å². The van der Waals surface area contributed by atoms with Crippen molar-refractivity contribution in [2.45, 2.75) is 51.3 Å². The number of carbonyl (C=O) groups excluding carboxylic acids is 2. The van der Waals surface area contributed by atoms with Gasteiger partial charge in [-0.25, -0.2) is 9.59 Å². The topological polar surface area (TPSA) is 317 Å². The van der Waals surface area contributed by atoms with E-state index < -0.39 is 29.7 Å². The zero-order chi connectivity index (χ0) is 65.7. The molecule has 1 saturated heterocycles. The van der Waals surface area contributed by atoms with Crippen LogP contribution in [0.25, 0.3) is 0 Å². The van der Waals surface area contributed by atoms with Gasteiger partial charge in [-0.15, -0.1) is 0 Å². The molecule has 31 heteroatoms. The lowest BCUT2D eigenvalue weighted by atomic mass is 10.1. The summed E-state index contributed by atoms with van der Waals surface area (Å²) in [5, 5.41) is 12.3. The summed E-state index contributed by atoms with van der Waals surface area (Å²) in [7, 11) is 1.64. The number of hydrogen-bond donors (Lipinski definition) is 2. The maximum absolute atomic E-state index is 12.5. The average molecular weight is 1330 g/mol. The van der Waals surface area contributed by atoms with Gasteiger partial charge in [0, 0.05) is 32.5 Å². The van der Waals surface area contributed by atoms with Gasteiger partial charge < -0.3 is 129 Å². The van der Waals surface area contributed by atoms with Crippen LogP contribution >= 0.6 is 0 Å². The van der Waals surface area contributed by atoms with Crippen molar-refractivity contribution < 1.29 is 138 Å². The van der Waals surface area contributed by atoms with Crippen LogP contribution in [-0.4, -0.2) is 370 Å². The first-order valence-electron chi connectivity index (χ1n) is 31.9. The van der Waals surface area contributed by atoms with Gasteiger partial charge in [0.2, 0.25) is 5.91 Å². The van der Waals surface area contributed by atoms with Gasteiger partial charge in [-0.2, -0.15) is 0 Å². The van der Waals surface area contributed by atoms with Gasteiger partial charge in [-0.3, -0.25) is 9.69 Å². The molecule has 1 fully saturated rings. The van der Waals surface area contributed by atoms with Gasteiger partial charge in [0.25, 0.3) is 0 Å². The Morgan fingerprint density at radius 2 is 0.516 bits per heavy atom. The van der Waals surface area contributed by atoms with E-state index in [2.05, 4.69) is 5.32 Å². The van der Waals surface area contributed by atoms with E-state index in [1.54, 1.807) is 27.9 Å². The number of carboxylic acids is 1.